The molecule has 0 aliphatic carbocycles. The Morgan fingerprint density at radius 2 is 1.89 bits per heavy atom. The molecule has 0 radical (unpaired) electrons. The van der Waals surface area contributed by atoms with Crippen LogP contribution >= 0.6 is 0 Å². The van der Waals surface area contributed by atoms with Gasteiger partial charge in [-0.1, -0.05) is 0 Å². The smallest absolute Gasteiger partial charge is 0.259 e. The summed E-state index contributed by atoms with van der Waals surface area (Å²) in [4.78, 5) is 12.7. The lowest BCUT2D eigenvalue weighted by atomic mass is 10.1. The lowest BCUT2D eigenvalue weighted by Crippen LogP contribution is -2.37. The summed E-state index contributed by atoms with van der Waals surface area (Å²) in [5.41, 5.74) is -0.853. The maximum atomic E-state index is 13.4. The van der Waals surface area contributed by atoms with Crippen molar-refractivity contribution in [3.8, 4) is 0 Å². The van der Waals surface area contributed by atoms with Crippen LogP contribution in [-0.4, -0.2) is 49.3 Å². The Kier molecular flexibility index (Phi) is 5.31. The van der Waals surface area contributed by atoms with Gasteiger partial charge in [-0.25, -0.2) is 13.2 Å². The predicted molar refractivity (Wildman–Crippen MR) is 61.2 cm³/mol. The summed E-state index contributed by atoms with van der Waals surface area (Å²) in [6.45, 7) is -0.186. The fourth-order valence-corrected chi connectivity index (χ4v) is 1.58. The van der Waals surface area contributed by atoms with E-state index in [9.17, 15) is 23.1 Å². The number of nitrogens with zero attached hydrogens (tertiary/aromatic N) is 1. The third kappa shape index (κ3) is 3.93. The second-order valence-corrected chi connectivity index (χ2v) is 4.04. The Balaban J connectivity index is 2.88. The van der Waals surface area contributed by atoms with E-state index < -0.39 is 35.0 Å². The Hall–Kier alpha value is -1.60. The molecular formula is C12H14F3NO3. The van der Waals surface area contributed by atoms with Gasteiger partial charge in [0, 0.05) is 32.8 Å². The Bertz CT molecular complexity index is 445. The number of benzene rings is 1. The van der Waals surface area contributed by atoms with E-state index in [1.807, 2.05) is 0 Å². The predicted octanol–water partition coefficient (Wildman–Crippen LogP) is 1.18. The zero-order chi connectivity index (χ0) is 14.6. The molecule has 106 valence electrons. The van der Waals surface area contributed by atoms with Crippen LogP contribution < -0.4 is 0 Å². The van der Waals surface area contributed by atoms with Gasteiger partial charge in [0.25, 0.3) is 5.91 Å². The van der Waals surface area contributed by atoms with Crippen LogP contribution in [0.5, 0.6) is 0 Å². The number of methoxy groups -OCH3 is 1. The normalized spacial score (nSPS) is 12.3. The topological polar surface area (TPSA) is 49.8 Å². The number of carbonyl (C=O) groups is 1. The first-order valence-electron chi connectivity index (χ1n) is 5.43. The van der Waals surface area contributed by atoms with E-state index in [0.29, 0.717) is 12.1 Å². The fraction of sp³-hybridized carbons (Fsp3) is 0.417. The summed E-state index contributed by atoms with van der Waals surface area (Å²) in [7, 11) is 2.63. The van der Waals surface area contributed by atoms with Crippen molar-refractivity contribution in [3.05, 3.63) is 35.1 Å². The Labute approximate surface area is 108 Å². The lowest BCUT2D eigenvalue weighted by Gasteiger charge is -2.21. The van der Waals surface area contributed by atoms with E-state index in [-0.39, 0.29) is 13.2 Å². The molecule has 0 heterocycles. The van der Waals surface area contributed by atoms with Crippen molar-refractivity contribution in [2.45, 2.75) is 6.10 Å². The molecule has 0 bridgehead atoms. The van der Waals surface area contributed by atoms with Crippen molar-refractivity contribution in [1.82, 2.24) is 4.90 Å². The van der Waals surface area contributed by atoms with Crippen LogP contribution in [0.3, 0.4) is 0 Å². The number of likely N-dealkylation sites (N-methyl/N-ethyl adjacent to an activating group) is 1. The van der Waals surface area contributed by atoms with Gasteiger partial charge in [0.2, 0.25) is 0 Å². The van der Waals surface area contributed by atoms with Gasteiger partial charge in [0.05, 0.1) is 12.7 Å². The highest BCUT2D eigenvalue weighted by Gasteiger charge is 2.23. The third-order valence-corrected chi connectivity index (χ3v) is 2.41. The number of aliphatic hydroxyl groups is 1. The molecule has 1 aromatic rings. The van der Waals surface area contributed by atoms with E-state index in [4.69, 9.17) is 0 Å². The van der Waals surface area contributed by atoms with Crippen molar-refractivity contribution in [3.63, 3.8) is 0 Å². The maximum Gasteiger partial charge on any atom is 0.259 e. The van der Waals surface area contributed by atoms with Crippen LogP contribution in [0.1, 0.15) is 10.4 Å². The third-order valence-electron chi connectivity index (χ3n) is 2.41. The van der Waals surface area contributed by atoms with Crippen LogP contribution in [0.4, 0.5) is 13.2 Å². The highest BCUT2D eigenvalue weighted by atomic mass is 19.1. The average molecular weight is 277 g/mol. The van der Waals surface area contributed by atoms with Gasteiger partial charge >= 0.3 is 0 Å². The van der Waals surface area contributed by atoms with Gasteiger partial charge in [-0.05, 0) is 0 Å². The first-order valence-corrected chi connectivity index (χ1v) is 5.43. The highest BCUT2D eigenvalue weighted by Crippen LogP contribution is 2.16. The average Bonchev–Trinajstić information content (AvgIpc) is 2.27. The largest absolute Gasteiger partial charge is 0.389 e. The number of aliphatic hydroxyl groups excluding tert-OH is 1. The molecule has 1 aromatic carbocycles. The first-order chi connectivity index (χ1) is 8.86. The number of amides is 1. The second kappa shape index (κ2) is 6.53. The molecule has 0 saturated heterocycles. The molecule has 0 saturated carbocycles. The molecule has 1 unspecified atom stereocenters. The lowest BCUT2D eigenvalue weighted by molar-refractivity contribution is 0.0376. The Morgan fingerprint density at radius 3 is 2.37 bits per heavy atom. The summed E-state index contributed by atoms with van der Waals surface area (Å²) in [5.74, 6) is -4.65. The van der Waals surface area contributed by atoms with Gasteiger partial charge in [-0.3, -0.25) is 4.79 Å². The molecule has 19 heavy (non-hydrogen) atoms. The zero-order valence-corrected chi connectivity index (χ0v) is 10.5. The van der Waals surface area contributed by atoms with Gasteiger partial charge in [-0.15, -0.1) is 0 Å². The number of hydrogen-bond donors (Lipinski definition) is 1. The van der Waals surface area contributed by atoms with Gasteiger partial charge in [0.15, 0.2) is 0 Å². The molecule has 0 fully saturated rings. The van der Waals surface area contributed by atoms with Gasteiger partial charge < -0.3 is 14.7 Å². The van der Waals surface area contributed by atoms with Crippen LogP contribution in [0, 0.1) is 17.5 Å². The number of halogens is 3. The fourth-order valence-electron chi connectivity index (χ4n) is 1.58. The summed E-state index contributed by atoms with van der Waals surface area (Å²) in [6.07, 6.45) is -0.981. The van der Waals surface area contributed by atoms with Crippen LogP contribution in [0.25, 0.3) is 0 Å². The van der Waals surface area contributed by atoms with Crippen LogP contribution in [-0.2, 0) is 4.74 Å². The minimum atomic E-state index is -1.28. The highest BCUT2D eigenvalue weighted by molar-refractivity contribution is 5.94. The number of rotatable bonds is 5. The number of hydrogen-bond acceptors (Lipinski definition) is 3. The molecule has 0 spiro atoms. The van der Waals surface area contributed by atoms with E-state index in [1.165, 1.54) is 14.2 Å². The molecule has 1 N–H and O–H groups in total. The number of ether oxygens (including phenoxy) is 1. The minimum Gasteiger partial charge on any atom is -0.389 e. The summed E-state index contributed by atoms with van der Waals surface area (Å²) >= 11 is 0. The van der Waals surface area contributed by atoms with Crippen molar-refractivity contribution in [2.75, 3.05) is 27.3 Å². The molecule has 1 rings (SSSR count). The first kappa shape index (κ1) is 15.5. The van der Waals surface area contributed by atoms with Crippen molar-refractivity contribution < 1.29 is 27.8 Å². The molecule has 4 nitrogen and oxygen atoms in total. The van der Waals surface area contributed by atoms with Gasteiger partial charge in [0.1, 0.15) is 23.0 Å². The van der Waals surface area contributed by atoms with Crippen LogP contribution in [0.2, 0.25) is 0 Å². The quantitative estimate of drug-likeness (QED) is 0.879. The molecule has 0 aromatic heterocycles. The van der Waals surface area contributed by atoms with E-state index in [1.54, 1.807) is 0 Å². The van der Waals surface area contributed by atoms with Crippen molar-refractivity contribution in [1.29, 1.82) is 0 Å². The molecule has 7 heteroatoms. The van der Waals surface area contributed by atoms with Crippen LogP contribution in [0.15, 0.2) is 12.1 Å². The molecule has 1 atom stereocenters. The maximum absolute atomic E-state index is 13.4. The summed E-state index contributed by atoms with van der Waals surface area (Å²) < 4.78 is 44.2. The molecule has 1 amide bonds. The van der Waals surface area contributed by atoms with Gasteiger partial charge in [-0.2, -0.15) is 0 Å². The minimum absolute atomic E-state index is 0.0218. The molecular weight excluding hydrogens is 263 g/mol. The zero-order valence-electron chi connectivity index (χ0n) is 10.5. The van der Waals surface area contributed by atoms with Crippen molar-refractivity contribution >= 4 is 5.91 Å². The van der Waals surface area contributed by atoms with E-state index in [2.05, 4.69) is 4.74 Å². The molecule has 0 aliphatic rings. The second-order valence-electron chi connectivity index (χ2n) is 4.04. The Morgan fingerprint density at radius 1 is 1.37 bits per heavy atom. The number of carbonyl (C=O) groups excluding carboxylic acids is 1. The molecule has 0 aliphatic heterocycles. The SMILES string of the molecule is COCC(O)CN(C)C(=O)c1c(F)cc(F)cc1F. The van der Waals surface area contributed by atoms with Crippen molar-refractivity contribution in [2.24, 2.45) is 0 Å². The van der Waals surface area contributed by atoms with E-state index in [0.717, 1.165) is 4.90 Å². The summed E-state index contributed by atoms with van der Waals surface area (Å²) in [5, 5.41) is 9.43. The monoisotopic (exact) mass is 277 g/mol. The standard InChI is InChI=1S/C12H14F3NO3/c1-16(5-8(17)6-19-2)12(18)11-9(14)3-7(13)4-10(11)15/h3-4,8,17H,5-6H2,1-2H3. The van der Waals surface area contributed by atoms with E-state index >= 15 is 0 Å². The summed E-state index contributed by atoms with van der Waals surface area (Å²) in [6, 6.07) is 0.853.